The topological polar surface area (TPSA) is 63.5 Å². The molecule has 2 rings (SSSR count). The Morgan fingerprint density at radius 1 is 1.42 bits per heavy atom. The van der Waals surface area contributed by atoms with Crippen molar-refractivity contribution in [3.8, 4) is 0 Å². The monoisotopic (exact) mass is 295 g/mol. The highest BCUT2D eigenvalue weighted by Crippen LogP contribution is 2.05. The summed E-state index contributed by atoms with van der Waals surface area (Å²) >= 11 is 2.87. The maximum atomic E-state index is 11.6. The van der Waals surface area contributed by atoms with Gasteiger partial charge in [-0.2, -0.15) is 16.3 Å². The fourth-order valence-corrected chi connectivity index (χ4v) is 2.76. The average molecular weight is 295 g/mol. The third kappa shape index (κ3) is 3.87. The van der Waals surface area contributed by atoms with Gasteiger partial charge in [0.2, 0.25) is 5.91 Å². The molecule has 0 bridgehead atoms. The molecule has 2 amide bonds. The van der Waals surface area contributed by atoms with Gasteiger partial charge in [-0.15, -0.1) is 11.3 Å². The van der Waals surface area contributed by atoms with Crippen molar-refractivity contribution in [3.63, 3.8) is 0 Å². The number of nitrogens with one attached hydrogen (secondary N) is 1. The zero-order valence-corrected chi connectivity index (χ0v) is 12.0. The Morgan fingerprint density at radius 3 is 2.89 bits per heavy atom. The van der Waals surface area contributed by atoms with E-state index in [1.165, 1.54) is 22.7 Å². The Morgan fingerprint density at radius 2 is 2.26 bits per heavy atom. The van der Waals surface area contributed by atoms with E-state index in [4.69, 9.17) is 0 Å². The summed E-state index contributed by atoms with van der Waals surface area (Å²) in [5.74, 6) is -0.389. The fraction of sp³-hybridized carbons (Fsp3) is 0.250. The van der Waals surface area contributed by atoms with Crippen molar-refractivity contribution >= 4 is 34.5 Å². The summed E-state index contributed by atoms with van der Waals surface area (Å²) in [7, 11) is 1.83. The van der Waals surface area contributed by atoms with E-state index in [9.17, 15) is 9.59 Å². The highest BCUT2D eigenvalue weighted by Gasteiger charge is 2.06. The second-order valence-electron chi connectivity index (χ2n) is 3.82. The molecule has 0 radical (unpaired) electrons. The molecule has 0 atom stereocenters. The minimum atomic E-state index is -0.233. The maximum Gasteiger partial charge on any atom is 0.252 e. The molecule has 0 aliphatic carbocycles. The van der Waals surface area contributed by atoms with E-state index < -0.39 is 0 Å². The highest BCUT2D eigenvalue weighted by molar-refractivity contribution is 7.08. The molecule has 0 unspecified atom stereocenters. The van der Waals surface area contributed by atoms with Crippen molar-refractivity contribution in [1.82, 2.24) is 9.88 Å². The van der Waals surface area contributed by atoms with Crippen LogP contribution in [0.3, 0.4) is 0 Å². The van der Waals surface area contributed by atoms with Gasteiger partial charge in [0.1, 0.15) is 0 Å². The van der Waals surface area contributed by atoms with Gasteiger partial charge in [-0.1, -0.05) is 0 Å². The second kappa shape index (κ2) is 6.44. The Labute approximate surface area is 118 Å². The van der Waals surface area contributed by atoms with Crippen LogP contribution in [0.1, 0.15) is 16.8 Å². The van der Waals surface area contributed by atoms with Crippen LogP contribution in [0.15, 0.2) is 33.4 Å². The van der Waals surface area contributed by atoms with E-state index in [0.29, 0.717) is 16.9 Å². The van der Waals surface area contributed by atoms with Crippen molar-refractivity contribution in [2.75, 3.05) is 6.54 Å². The maximum absolute atomic E-state index is 11.6. The van der Waals surface area contributed by atoms with Crippen molar-refractivity contribution in [3.05, 3.63) is 38.8 Å². The Balaban J connectivity index is 1.82. The number of aromatic nitrogens is 1. The quantitative estimate of drug-likeness (QED) is 0.926. The van der Waals surface area contributed by atoms with Crippen molar-refractivity contribution in [2.45, 2.75) is 6.42 Å². The summed E-state index contributed by atoms with van der Waals surface area (Å²) in [6.45, 7) is 0.298. The van der Waals surface area contributed by atoms with Crippen LogP contribution in [0.25, 0.3) is 0 Å². The molecule has 2 heterocycles. The summed E-state index contributed by atoms with van der Waals surface area (Å²) in [5.41, 5.74) is 0.624. The molecule has 0 fully saturated rings. The summed E-state index contributed by atoms with van der Waals surface area (Å²) in [4.78, 5) is 27.9. The summed E-state index contributed by atoms with van der Waals surface area (Å²) in [6.07, 6.45) is 2.04. The van der Waals surface area contributed by atoms with E-state index in [-0.39, 0.29) is 18.2 Å². The smallest absolute Gasteiger partial charge is 0.252 e. The Kier molecular flexibility index (Phi) is 4.64. The van der Waals surface area contributed by atoms with E-state index >= 15 is 0 Å². The molecule has 2 aromatic rings. The third-order valence-corrected chi connectivity index (χ3v) is 3.92. The number of hydrogen-bond acceptors (Lipinski definition) is 4. The van der Waals surface area contributed by atoms with E-state index in [1.807, 2.05) is 24.0 Å². The first-order valence-corrected chi connectivity index (χ1v) is 7.47. The van der Waals surface area contributed by atoms with Crippen LogP contribution < -0.4 is 10.1 Å². The molecule has 100 valence electrons. The molecule has 0 aliphatic rings. The summed E-state index contributed by atoms with van der Waals surface area (Å²) in [5, 5.41) is 8.17. The number of hydrogen-bond donors (Lipinski definition) is 1. The number of aryl methyl sites for hydroxylation is 1. The molecular formula is C12H13N3O2S2. The zero-order valence-electron chi connectivity index (χ0n) is 10.3. The van der Waals surface area contributed by atoms with Crippen LogP contribution in [0.5, 0.6) is 0 Å². The SMILES string of the molecule is Cn1ccsc1=NC(=O)CCNC(=O)c1ccsc1. The fourth-order valence-electron chi connectivity index (χ4n) is 1.38. The highest BCUT2D eigenvalue weighted by atomic mass is 32.1. The van der Waals surface area contributed by atoms with E-state index in [0.717, 1.165) is 0 Å². The first kappa shape index (κ1) is 13.7. The number of amides is 2. The van der Waals surface area contributed by atoms with Gasteiger partial charge >= 0.3 is 0 Å². The minimum absolute atomic E-state index is 0.157. The lowest BCUT2D eigenvalue weighted by Crippen LogP contribution is -2.25. The molecule has 7 heteroatoms. The third-order valence-electron chi connectivity index (χ3n) is 2.39. The molecule has 5 nitrogen and oxygen atoms in total. The number of thiophene rings is 1. The van der Waals surface area contributed by atoms with Crippen LogP contribution in [-0.2, 0) is 11.8 Å². The number of rotatable bonds is 4. The van der Waals surface area contributed by atoms with E-state index in [1.54, 1.807) is 16.0 Å². The van der Waals surface area contributed by atoms with Crippen molar-refractivity contribution in [2.24, 2.45) is 12.0 Å². The lowest BCUT2D eigenvalue weighted by Gasteiger charge is -2.00. The molecule has 0 saturated heterocycles. The standard InChI is InChI=1S/C12H13N3O2S2/c1-15-5-7-19-12(15)14-10(16)2-4-13-11(17)9-3-6-18-8-9/h3,5-8H,2,4H2,1H3,(H,13,17). The predicted molar refractivity (Wildman–Crippen MR) is 75.1 cm³/mol. The van der Waals surface area contributed by atoms with Gasteiger partial charge in [0.25, 0.3) is 5.91 Å². The summed E-state index contributed by atoms with van der Waals surface area (Å²) in [6, 6.07) is 1.75. The first-order valence-electron chi connectivity index (χ1n) is 5.65. The van der Waals surface area contributed by atoms with Crippen LogP contribution >= 0.6 is 22.7 Å². The molecule has 1 N–H and O–H groups in total. The molecular weight excluding hydrogens is 282 g/mol. The number of carbonyl (C=O) groups is 2. The molecule has 0 aliphatic heterocycles. The number of nitrogens with zero attached hydrogens (tertiary/aromatic N) is 2. The van der Waals surface area contributed by atoms with Gasteiger partial charge in [0, 0.05) is 42.5 Å². The molecule has 2 aromatic heterocycles. The van der Waals surface area contributed by atoms with Crippen LogP contribution in [0.2, 0.25) is 0 Å². The zero-order chi connectivity index (χ0) is 13.7. The predicted octanol–water partition coefficient (Wildman–Crippen LogP) is 1.40. The van der Waals surface area contributed by atoms with Crippen molar-refractivity contribution in [1.29, 1.82) is 0 Å². The lowest BCUT2D eigenvalue weighted by molar-refractivity contribution is -0.117. The Bertz CT molecular complexity index is 625. The lowest BCUT2D eigenvalue weighted by atomic mass is 10.3. The van der Waals surface area contributed by atoms with Crippen molar-refractivity contribution < 1.29 is 9.59 Å². The van der Waals surface area contributed by atoms with E-state index in [2.05, 4.69) is 10.3 Å². The summed E-state index contributed by atoms with van der Waals surface area (Å²) < 4.78 is 1.78. The minimum Gasteiger partial charge on any atom is -0.351 e. The van der Waals surface area contributed by atoms with Gasteiger partial charge in [-0.05, 0) is 11.4 Å². The largest absolute Gasteiger partial charge is 0.351 e. The first-order chi connectivity index (χ1) is 9.16. The van der Waals surface area contributed by atoms with Gasteiger partial charge in [-0.25, -0.2) is 0 Å². The van der Waals surface area contributed by atoms with Crippen LogP contribution in [-0.4, -0.2) is 22.9 Å². The van der Waals surface area contributed by atoms with Gasteiger partial charge in [0.15, 0.2) is 4.80 Å². The molecule has 0 saturated carbocycles. The molecule has 0 aromatic carbocycles. The average Bonchev–Trinajstić information content (AvgIpc) is 3.02. The number of thiazole rings is 1. The molecule has 19 heavy (non-hydrogen) atoms. The second-order valence-corrected chi connectivity index (χ2v) is 5.47. The van der Waals surface area contributed by atoms with Gasteiger partial charge in [-0.3, -0.25) is 9.59 Å². The normalized spacial score (nSPS) is 11.5. The molecule has 0 spiro atoms. The Hall–Kier alpha value is -1.73. The van der Waals surface area contributed by atoms with Crippen LogP contribution in [0, 0.1) is 0 Å². The van der Waals surface area contributed by atoms with Gasteiger partial charge in [0.05, 0.1) is 0 Å². The van der Waals surface area contributed by atoms with Crippen LogP contribution in [0.4, 0.5) is 0 Å². The van der Waals surface area contributed by atoms with Gasteiger partial charge < -0.3 is 9.88 Å². The number of carbonyl (C=O) groups excluding carboxylic acids is 2.